The molecule has 0 N–H and O–H groups in total. The molecule has 0 saturated heterocycles. The first-order chi connectivity index (χ1) is 10.1. The highest BCUT2D eigenvalue weighted by molar-refractivity contribution is 7.87. The van der Waals surface area contributed by atoms with Crippen LogP contribution in [-0.2, 0) is 10.1 Å². The zero-order valence-corrected chi connectivity index (χ0v) is 11.3. The fourth-order valence-corrected chi connectivity index (χ4v) is 2.03. The van der Waals surface area contributed by atoms with Crippen molar-refractivity contribution in [3.8, 4) is 11.9 Å². The molecule has 0 radical (unpaired) electrons. The monoisotopic (exact) mass is 337 g/mol. The van der Waals surface area contributed by atoms with E-state index in [2.05, 4.69) is 9.17 Å². The lowest BCUT2D eigenvalue weighted by Gasteiger charge is -2.10. The van der Waals surface area contributed by atoms with Crippen LogP contribution in [0.25, 0.3) is 0 Å². The fraction of sp³-hybridized carbons (Fsp3) is 0.400. The molecular formula is C10H6F3N3O5S. The van der Waals surface area contributed by atoms with E-state index in [0.29, 0.717) is 18.9 Å². The Balaban J connectivity index is 2.55. The third-order valence-corrected chi connectivity index (χ3v) is 3.69. The molecule has 1 aliphatic carbocycles. The Hall–Kier alpha value is -2.42. The summed E-state index contributed by atoms with van der Waals surface area (Å²) >= 11 is 0. The molecule has 0 unspecified atom stereocenters. The first-order valence-corrected chi connectivity index (χ1v) is 7.08. The molecule has 0 spiro atoms. The van der Waals surface area contributed by atoms with Crippen molar-refractivity contribution in [2.75, 3.05) is 0 Å². The van der Waals surface area contributed by atoms with Crippen LogP contribution in [0.4, 0.5) is 18.9 Å². The Morgan fingerprint density at radius 3 is 2.45 bits per heavy atom. The molecule has 0 bridgehead atoms. The molecule has 0 aliphatic heterocycles. The lowest BCUT2D eigenvalue weighted by molar-refractivity contribution is -0.386. The quantitative estimate of drug-likeness (QED) is 0.356. The van der Waals surface area contributed by atoms with E-state index in [1.807, 2.05) is 0 Å². The number of aromatic nitrogens is 1. The van der Waals surface area contributed by atoms with Gasteiger partial charge in [-0.15, -0.1) is 0 Å². The number of rotatable bonds is 4. The number of nitriles is 1. The summed E-state index contributed by atoms with van der Waals surface area (Å²) < 4.78 is 62.7. The van der Waals surface area contributed by atoms with Gasteiger partial charge in [0.25, 0.3) is 11.6 Å². The third-order valence-electron chi connectivity index (χ3n) is 2.75. The smallest absolute Gasteiger partial charge is 0.354 e. The minimum Gasteiger partial charge on any atom is -0.354 e. The van der Waals surface area contributed by atoms with Gasteiger partial charge in [-0.25, -0.2) is 4.98 Å². The van der Waals surface area contributed by atoms with E-state index in [-0.39, 0.29) is 11.6 Å². The molecule has 22 heavy (non-hydrogen) atoms. The number of nitro groups is 1. The molecule has 12 heteroatoms. The van der Waals surface area contributed by atoms with Crippen molar-refractivity contribution in [2.45, 2.75) is 24.3 Å². The van der Waals surface area contributed by atoms with Crippen molar-refractivity contribution < 1.29 is 30.7 Å². The van der Waals surface area contributed by atoms with Gasteiger partial charge in [-0.2, -0.15) is 26.9 Å². The second-order valence-electron chi connectivity index (χ2n) is 4.37. The summed E-state index contributed by atoms with van der Waals surface area (Å²) in [5.41, 5.74) is -7.24. The third kappa shape index (κ3) is 2.93. The molecule has 118 valence electrons. The first-order valence-electron chi connectivity index (χ1n) is 5.67. The molecule has 1 heterocycles. The van der Waals surface area contributed by atoms with E-state index in [9.17, 15) is 31.7 Å². The average Bonchev–Trinajstić information content (AvgIpc) is 3.20. The Bertz CT molecular complexity index is 780. The van der Waals surface area contributed by atoms with Crippen LogP contribution >= 0.6 is 0 Å². The number of pyridine rings is 1. The predicted molar refractivity (Wildman–Crippen MR) is 63.2 cm³/mol. The van der Waals surface area contributed by atoms with E-state index >= 15 is 0 Å². The highest BCUT2D eigenvalue weighted by atomic mass is 32.2. The Labute approximate surface area is 121 Å². The van der Waals surface area contributed by atoms with Gasteiger partial charge in [-0.3, -0.25) is 10.1 Å². The number of nitrogens with zero attached hydrogens (tertiary/aromatic N) is 3. The van der Waals surface area contributed by atoms with Gasteiger partial charge in [0.2, 0.25) is 0 Å². The summed E-state index contributed by atoms with van der Waals surface area (Å²) in [4.78, 5) is 13.5. The maximum Gasteiger partial charge on any atom is 0.534 e. The van der Waals surface area contributed by atoms with Crippen LogP contribution in [0.2, 0.25) is 0 Å². The Kier molecular flexibility index (Phi) is 3.69. The molecule has 0 aromatic carbocycles. The fourth-order valence-electron chi connectivity index (χ4n) is 1.60. The molecule has 1 aromatic rings. The van der Waals surface area contributed by atoms with Crippen molar-refractivity contribution in [3.63, 3.8) is 0 Å². The van der Waals surface area contributed by atoms with Crippen molar-refractivity contribution in [3.05, 3.63) is 27.4 Å². The van der Waals surface area contributed by atoms with Gasteiger partial charge in [-0.05, 0) is 12.8 Å². The van der Waals surface area contributed by atoms with Crippen molar-refractivity contribution in [1.29, 1.82) is 5.26 Å². The predicted octanol–water partition coefficient (Wildman–Crippen LogP) is 1.97. The summed E-state index contributed by atoms with van der Waals surface area (Å²) in [5, 5.41) is 19.7. The van der Waals surface area contributed by atoms with E-state index in [1.165, 1.54) is 6.07 Å². The van der Waals surface area contributed by atoms with Gasteiger partial charge in [0.1, 0.15) is 17.3 Å². The van der Waals surface area contributed by atoms with Gasteiger partial charge in [0, 0.05) is 12.0 Å². The zero-order chi connectivity index (χ0) is 16.7. The normalized spacial score (nSPS) is 15.2. The van der Waals surface area contributed by atoms with Crippen LogP contribution in [0, 0.1) is 21.4 Å². The summed E-state index contributed by atoms with van der Waals surface area (Å²) in [6.07, 6.45) is 1.04. The lowest BCUT2D eigenvalue weighted by atomic mass is 10.1. The summed E-state index contributed by atoms with van der Waals surface area (Å²) in [5.74, 6) is -1.49. The van der Waals surface area contributed by atoms with Crippen LogP contribution in [0.3, 0.4) is 0 Å². The van der Waals surface area contributed by atoms with Crippen LogP contribution in [0.5, 0.6) is 5.88 Å². The number of hydrogen-bond acceptors (Lipinski definition) is 7. The summed E-state index contributed by atoms with van der Waals surface area (Å²) in [6.45, 7) is 0. The molecule has 0 amide bonds. The van der Waals surface area contributed by atoms with Gasteiger partial charge in [-0.1, -0.05) is 0 Å². The molecule has 1 saturated carbocycles. The van der Waals surface area contributed by atoms with Crippen LogP contribution in [0.15, 0.2) is 6.07 Å². The summed E-state index contributed by atoms with van der Waals surface area (Å²) in [6, 6.07) is 1.98. The minimum atomic E-state index is -6.02. The molecule has 1 fully saturated rings. The maximum absolute atomic E-state index is 12.3. The maximum atomic E-state index is 12.3. The largest absolute Gasteiger partial charge is 0.534 e. The first kappa shape index (κ1) is 16.0. The Morgan fingerprint density at radius 2 is 2.05 bits per heavy atom. The second kappa shape index (κ2) is 5.09. The van der Waals surface area contributed by atoms with E-state index in [0.717, 1.165) is 0 Å². The van der Waals surface area contributed by atoms with E-state index in [1.54, 1.807) is 0 Å². The number of halogens is 3. The molecule has 8 nitrogen and oxygen atoms in total. The summed E-state index contributed by atoms with van der Waals surface area (Å²) in [7, 11) is -6.02. The van der Waals surface area contributed by atoms with Crippen LogP contribution < -0.4 is 4.18 Å². The number of alkyl halides is 3. The molecular weight excluding hydrogens is 331 g/mol. The topological polar surface area (TPSA) is 123 Å². The standard InChI is InChI=1S/C10H6F3N3O5S/c11-10(12,13)22(19,20)21-9-6(4-14)3-7(16(17)18)8(15-9)5-1-2-5/h3,5H,1-2H2. The number of hydrogen-bond donors (Lipinski definition) is 0. The second-order valence-corrected chi connectivity index (χ2v) is 5.91. The Morgan fingerprint density at radius 1 is 1.45 bits per heavy atom. The van der Waals surface area contributed by atoms with Gasteiger partial charge < -0.3 is 4.18 Å². The van der Waals surface area contributed by atoms with E-state index < -0.39 is 37.7 Å². The molecule has 1 aromatic heterocycles. The average molecular weight is 337 g/mol. The van der Waals surface area contributed by atoms with Crippen LogP contribution in [0.1, 0.15) is 30.0 Å². The molecule has 0 atom stereocenters. The van der Waals surface area contributed by atoms with Gasteiger partial charge >= 0.3 is 15.6 Å². The van der Waals surface area contributed by atoms with Gasteiger partial charge in [0.15, 0.2) is 0 Å². The minimum absolute atomic E-state index is 0.198. The van der Waals surface area contributed by atoms with Crippen molar-refractivity contribution >= 4 is 15.8 Å². The van der Waals surface area contributed by atoms with Crippen LogP contribution in [-0.4, -0.2) is 23.8 Å². The van der Waals surface area contributed by atoms with Gasteiger partial charge in [0.05, 0.1) is 4.92 Å². The molecule has 2 rings (SSSR count). The highest BCUT2D eigenvalue weighted by Gasteiger charge is 2.49. The zero-order valence-electron chi connectivity index (χ0n) is 10.5. The highest BCUT2D eigenvalue weighted by Crippen LogP contribution is 2.44. The SMILES string of the molecule is N#Cc1cc([N+](=O)[O-])c(C2CC2)nc1OS(=O)(=O)C(F)(F)F. The van der Waals surface area contributed by atoms with Crippen molar-refractivity contribution in [2.24, 2.45) is 0 Å². The lowest BCUT2D eigenvalue weighted by Crippen LogP contribution is -2.28. The van der Waals surface area contributed by atoms with Crippen molar-refractivity contribution in [1.82, 2.24) is 4.98 Å². The molecule has 1 aliphatic rings. The van der Waals surface area contributed by atoms with E-state index in [4.69, 9.17) is 5.26 Å².